The molecule has 0 unspecified atom stereocenters. The molecule has 0 saturated heterocycles. The minimum atomic E-state index is -0.485. The zero-order valence-electron chi connectivity index (χ0n) is 19.0. The lowest BCUT2D eigenvalue weighted by Gasteiger charge is -2.19. The molecule has 0 fully saturated rings. The van der Waals surface area contributed by atoms with Crippen LogP contribution in [-0.4, -0.2) is 31.5 Å². The number of nitrogens with zero attached hydrogens (tertiary/aromatic N) is 4. The maximum Gasteiger partial charge on any atom is 0.229 e. The number of hydrogen-bond acceptors (Lipinski definition) is 5. The van der Waals surface area contributed by atoms with Crippen LogP contribution in [0.15, 0.2) is 65.9 Å². The second-order valence-electron chi connectivity index (χ2n) is 8.94. The van der Waals surface area contributed by atoms with E-state index in [-0.39, 0.29) is 11.7 Å². The summed E-state index contributed by atoms with van der Waals surface area (Å²) in [5, 5.41) is 19.5. The summed E-state index contributed by atoms with van der Waals surface area (Å²) >= 11 is 0. The normalized spacial score (nSPS) is 12.2. The third kappa shape index (κ3) is 4.55. The van der Waals surface area contributed by atoms with Crippen molar-refractivity contribution in [3.8, 4) is 22.5 Å². The first-order valence-corrected chi connectivity index (χ1v) is 10.5. The molecule has 0 radical (unpaired) electrons. The van der Waals surface area contributed by atoms with Gasteiger partial charge in [0.1, 0.15) is 0 Å². The fraction of sp³-hybridized carbons (Fsp3) is 0.200. The molecule has 0 bridgehead atoms. The number of rotatable bonds is 4. The van der Waals surface area contributed by atoms with Crippen LogP contribution in [0.4, 0.5) is 5.69 Å². The highest BCUT2D eigenvalue weighted by molar-refractivity contribution is 5.97. The molecule has 0 atom stereocenters. The third-order valence-corrected chi connectivity index (χ3v) is 5.37. The molecule has 0 aliphatic carbocycles. The zero-order valence-corrected chi connectivity index (χ0v) is 19.0. The first-order valence-electron chi connectivity index (χ1n) is 10.5. The monoisotopic (exact) mass is 442 g/mol. The molecule has 33 heavy (non-hydrogen) atoms. The Balaban J connectivity index is 1.65. The molecule has 8 heteroatoms. The number of carbonyl (C=O) groups excluding carboxylic acids is 1. The van der Waals surface area contributed by atoms with Gasteiger partial charge in [0.05, 0.1) is 17.6 Å². The molecule has 0 saturated carbocycles. The number of aryl methyl sites for hydroxylation is 1. The van der Waals surface area contributed by atoms with E-state index < -0.39 is 5.41 Å². The summed E-state index contributed by atoms with van der Waals surface area (Å²) in [5.74, 6) is 0.0162. The molecule has 4 rings (SSSR count). The number of nitrogens with one attached hydrogen (secondary N) is 1. The van der Waals surface area contributed by atoms with Crippen molar-refractivity contribution in [2.24, 2.45) is 16.3 Å². The van der Waals surface area contributed by atoms with E-state index in [0.717, 1.165) is 33.8 Å². The molecular formula is C25H26N6O2. The fourth-order valence-electron chi connectivity index (χ4n) is 3.27. The first-order chi connectivity index (χ1) is 15.7. The van der Waals surface area contributed by atoms with Gasteiger partial charge in [0.2, 0.25) is 5.91 Å². The van der Waals surface area contributed by atoms with Crippen LogP contribution in [0.3, 0.4) is 0 Å². The van der Waals surface area contributed by atoms with Gasteiger partial charge in [0.25, 0.3) is 0 Å². The zero-order chi connectivity index (χ0) is 23.8. The summed E-state index contributed by atoms with van der Waals surface area (Å²) in [6.07, 6.45) is 1.86. The van der Waals surface area contributed by atoms with E-state index in [1.165, 1.54) is 0 Å². The Hall–Kier alpha value is -4.20. The van der Waals surface area contributed by atoms with E-state index in [0.29, 0.717) is 11.2 Å². The fourth-order valence-corrected chi connectivity index (χ4v) is 3.27. The van der Waals surface area contributed by atoms with Gasteiger partial charge in [0.15, 0.2) is 11.5 Å². The van der Waals surface area contributed by atoms with E-state index >= 15 is 0 Å². The predicted octanol–water partition coefficient (Wildman–Crippen LogP) is 4.45. The van der Waals surface area contributed by atoms with Crippen molar-refractivity contribution in [1.29, 1.82) is 0 Å². The van der Waals surface area contributed by atoms with E-state index in [1.807, 2.05) is 76.4 Å². The number of nitrogens with two attached hydrogens (primary N) is 1. The maximum atomic E-state index is 12.5. The van der Waals surface area contributed by atoms with Gasteiger partial charge in [-0.1, -0.05) is 62.3 Å². The van der Waals surface area contributed by atoms with Crippen LogP contribution in [0.2, 0.25) is 0 Å². The Bertz CT molecular complexity index is 1360. The molecule has 168 valence electrons. The van der Waals surface area contributed by atoms with Gasteiger partial charge in [-0.05, 0) is 30.7 Å². The molecule has 0 aliphatic rings. The van der Waals surface area contributed by atoms with Crippen LogP contribution in [0.25, 0.3) is 28.2 Å². The number of carbonyl (C=O) groups is 1. The smallest absolute Gasteiger partial charge is 0.229 e. The quantitative estimate of drug-likeness (QED) is 0.187. The number of amides is 1. The van der Waals surface area contributed by atoms with Crippen molar-refractivity contribution in [3.63, 3.8) is 0 Å². The van der Waals surface area contributed by atoms with Crippen molar-refractivity contribution < 1.29 is 10.0 Å². The molecule has 8 nitrogen and oxygen atoms in total. The number of oxime groups is 1. The molecule has 0 aliphatic heterocycles. The van der Waals surface area contributed by atoms with Gasteiger partial charge in [-0.3, -0.25) is 4.79 Å². The SMILES string of the molecule is Cc1ccc(-c2cn3nc(-c4ccc(/C(N)=N\O)cc4)ccc3n2)cc1NC(=O)C(C)(C)C. The minimum Gasteiger partial charge on any atom is -0.409 e. The summed E-state index contributed by atoms with van der Waals surface area (Å²) in [6, 6.07) is 17.0. The maximum absolute atomic E-state index is 12.5. The van der Waals surface area contributed by atoms with Gasteiger partial charge in [-0.15, -0.1) is 0 Å². The first kappa shape index (κ1) is 22.0. The van der Waals surface area contributed by atoms with Gasteiger partial charge in [-0.2, -0.15) is 5.10 Å². The number of hydrogen-bond donors (Lipinski definition) is 3. The van der Waals surface area contributed by atoms with E-state index in [1.54, 1.807) is 16.6 Å². The van der Waals surface area contributed by atoms with Crippen molar-refractivity contribution in [2.45, 2.75) is 27.7 Å². The Morgan fingerprint density at radius 1 is 1.03 bits per heavy atom. The van der Waals surface area contributed by atoms with Crippen molar-refractivity contribution in [1.82, 2.24) is 14.6 Å². The van der Waals surface area contributed by atoms with E-state index in [4.69, 9.17) is 15.9 Å². The lowest BCUT2D eigenvalue weighted by atomic mass is 9.95. The molecule has 2 heterocycles. The molecular weight excluding hydrogens is 416 g/mol. The van der Waals surface area contributed by atoms with Crippen LogP contribution in [0, 0.1) is 12.3 Å². The summed E-state index contributed by atoms with van der Waals surface area (Å²) in [4.78, 5) is 17.1. The summed E-state index contributed by atoms with van der Waals surface area (Å²) < 4.78 is 1.73. The lowest BCUT2D eigenvalue weighted by Crippen LogP contribution is -2.27. The van der Waals surface area contributed by atoms with Crippen LogP contribution in [0.5, 0.6) is 0 Å². The Labute approximate surface area is 191 Å². The second-order valence-corrected chi connectivity index (χ2v) is 8.94. The lowest BCUT2D eigenvalue weighted by molar-refractivity contribution is -0.123. The highest BCUT2D eigenvalue weighted by Gasteiger charge is 2.22. The average molecular weight is 443 g/mol. The van der Waals surface area contributed by atoms with Crippen LogP contribution in [0.1, 0.15) is 31.9 Å². The summed E-state index contributed by atoms with van der Waals surface area (Å²) in [6.45, 7) is 7.62. The van der Waals surface area contributed by atoms with Crippen molar-refractivity contribution >= 4 is 23.1 Å². The van der Waals surface area contributed by atoms with Crippen LogP contribution in [-0.2, 0) is 4.79 Å². The number of aromatic nitrogens is 3. The number of fused-ring (bicyclic) bond motifs is 1. The predicted molar refractivity (Wildman–Crippen MR) is 129 cm³/mol. The number of amidine groups is 1. The van der Waals surface area contributed by atoms with E-state index in [2.05, 4.69) is 15.6 Å². The van der Waals surface area contributed by atoms with E-state index in [9.17, 15) is 4.79 Å². The molecule has 4 N–H and O–H groups in total. The number of benzene rings is 2. The Morgan fingerprint density at radius 2 is 1.73 bits per heavy atom. The highest BCUT2D eigenvalue weighted by Crippen LogP contribution is 2.27. The Morgan fingerprint density at radius 3 is 2.39 bits per heavy atom. The topological polar surface area (TPSA) is 118 Å². The van der Waals surface area contributed by atoms with Crippen LogP contribution >= 0.6 is 0 Å². The number of imidazole rings is 1. The summed E-state index contributed by atoms with van der Waals surface area (Å²) in [5.41, 5.74) is 11.5. The largest absolute Gasteiger partial charge is 0.409 e. The number of anilines is 1. The average Bonchev–Trinajstić information content (AvgIpc) is 3.23. The minimum absolute atomic E-state index is 0.0397. The summed E-state index contributed by atoms with van der Waals surface area (Å²) in [7, 11) is 0. The van der Waals surface area contributed by atoms with Gasteiger partial charge in [-0.25, -0.2) is 9.50 Å². The van der Waals surface area contributed by atoms with Crippen molar-refractivity contribution in [2.75, 3.05) is 5.32 Å². The second kappa shape index (κ2) is 8.38. The molecule has 0 spiro atoms. The van der Waals surface area contributed by atoms with Gasteiger partial charge in [0, 0.05) is 27.8 Å². The molecule has 4 aromatic rings. The third-order valence-electron chi connectivity index (χ3n) is 5.37. The molecule has 2 aromatic carbocycles. The van der Waals surface area contributed by atoms with Gasteiger partial charge < -0.3 is 16.3 Å². The molecule has 2 aromatic heterocycles. The molecule has 1 amide bonds. The van der Waals surface area contributed by atoms with Gasteiger partial charge >= 0.3 is 0 Å². The highest BCUT2D eigenvalue weighted by atomic mass is 16.4. The van der Waals surface area contributed by atoms with Crippen molar-refractivity contribution in [3.05, 3.63) is 71.9 Å². The van der Waals surface area contributed by atoms with Crippen LogP contribution < -0.4 is 11.1 Å². The Kier molecular flexibility index (Phi) is 5.59. The standard InChI is InChI=1S/C25H26N6O2/c1-15-5-6-18(13-20(15)28-24(32)25(2,3)4)21-14-31-22(27-21)12-11-19(29-31)16-7-9-17(10-8-16)23(26)30-33/h5-14,33H,1-4H3,(H2,26,30)(H,28,32).